The Kier molecular flexibility index (Phi) is 4.41. The molecular weight excluding hydrogens is 290 g/mol. The van der Waals surface area contributed by atoms with Crippen LogP contribution in [0.3, 0.4) is 0 Å². The van der Waals surface area contributed by atoms with Crippen LogP contribution >= 0.6 is 0 Å². The summed E-state index contributed by atoms with van der Waals surface area (Å²) >= 11 is 0. The Morgan fingerprint density at radius 3 is 2.73 bits per heavy atom. The Labute approximate surface area is 128 Å². The molecule has 1 aromatic rings. The highest BCUT2D eigenvalue weighted by molar-refractivity contribution is 5.88. The summed E-state index contributed by atoms with van der Waals surface area (Å²) in [6.07, 6.45) is 0.313. The third-order valence-electron chi connectivity index (χ3n) is 3.24. The molecule has 0 spiro atoms. The molecule has 1 N–H and O–H groups in total. The van der Waals surface area contributed by atoms with Gasteiger partial charge in [-0.2, -0.15) is 5.10 Å². The van der Waals surface area contributed by atoms with Gasteiger partial charge in [-0.15, -0.1) is 0 Å². The van der Waals surface area contributed by atoms with E-state index in [0.29, 0.717) is 18.8 Å². The van der Waals surface area contributed by atoms with E-state index in [-0.39, 0.29) is 12.1 Å². The summed E-state index contributed by atoms with van der Waals surface area (Å²) in [5.41, 5.74) is -0.0526. The highest BCUT2D eigenvalue weighted by Crippen LogP contribution is 2.26. The molecule has 1 unspecified atom stereocenters. The maximum atomic E-state index is 12.1. The molecule has 1 atom stereocenters. The maximum absolute atomic E-state index is 12.1. The van der Waals surface area contributed by atoms with Crippen LogP contribution in [0.4, 0.5) is 4.79 Å². The van der Waals surface area contributed by atoms with Crippen molar-refractivity contribution in [2.45, 2.75) is 32.5 Å². The molecule has 0 radical (unpaired) electrons. The van der Waals surface area contributed by atoms with Crippen molar-refractivity contribution in [3.63, 3.8) is 0 Å². The molecule has 8 nitrogen and oxygen atoms in total. The van der Waals surface area contributed by atoms with E-state index in [1.165, 1.54) is 15.8 Å². The van der Waals surface area contributed by atoms with Gasteiger partial charge in [-0.3, -0.25) is 4.68 Å². The first-order chi connectivity index (χ1) is 10.2. The van der Waals surface area contributed by atoms with Gasteiger partial charge in [-0.1, -0.05) is 0 Å². The number of carbonyl (C=O) groups excluding carboxylic acids is 1. The number of hydrogen-bond acceptors (Lipinski definition) is 5. The van der Waals surface area contributed by atoms with Crippen molar-refractivity contribution < 1.29 is 24.2 Å². The van der Waals surface area contributed by atoms with Crippen LogP contribution in [-0.2, 0) is 16.5 Å². The minimum absolute atomic E-state index is 0.0820. The summed E-state index contributed by atoms with van der Waals surface area (Å²) in [5, 5.41) is 13.2. The van der Waals surface area contributed by atoms with Gasteiger partial charge in [0.2, 0.25) is 0 Å². The van der Waals surface area contributed by atoms with Crippen molar-refractivity contribution in [1.29, 1.82) is 0 Å². The fraction of sp³-hybridized carbons (Fsp3) is 0.643. The monoisotopic (exact) mass is 311 g/mol. The number of aryl methyl sites for hydroxylation is 1. The Bertz CT molecular complexity index is 576. The molecule has 22 heavy (non-hydrogen) atoms. The lowest BCUT2D eigenvalue weighted by molar-refractivity contribution is -0.0461. The Morgan fingerprint density at radius 1 is 1.45 bits per heavy atom. The van der Waals surface area contributed by atoms with Crippen LogP contribution in [0.25, 0.3) is 0 Å². The normalized spacial score (nSPS) is 19.1. The topological polar surface area (TPSA) is 93.9 Å². The second-order valence-electron chi connectivity index (χ2n) is 6.16. The summed E-state index contributed by atoms with van der Waals surface area (Å²) < 4.78 is 12.4. The number of nitrogens with zero attached hydrogens (tertiary/aromatic N) is 3. The van der Waals surface area contributed by atoms with Gasteiger partial charge in [0.1, 0.15) is 17.3 Å². The minimum atomic E-state index is -1.07. The molecule has 0 aromatic carbocycles. The average molecular weight is 311 g/mol. The first-order valence-corrected chi connectivity index (χ1v) is 7.04. The van der Waals surface area contributed by atoms with Crippen LogP contribution in [-0.4, -0.2) is 57.1 Å². The zero-order chi connectivity index (χ0) is 16.5. The second-order valence-corrected chi connectivity index (χ2v) is 6.16. The molecule has 0 bridgehead atoms. The zero-order valence-corrected chi connectivity index (χ0v) is 13.2. The number of aromatic nitrogens is 2. The summed E-state index contributed by atoms with van der Waals surface area (Å²) in [6, 6.07) is 0. The molecule has 0 saturated carbocycles. The van der Waals surface area contributed by atoms with Crippen molar-refractivity contribution in [2.75, 3.05) is 19.7 Å². The minimum Gasteiger partial charge on any atom is -0.478 e. The van der Waals surface area contributed by atoms with Gasteiger partial charge in [-0.05, 0) is 20.8 Å². The van der Waals surface area contributed by atoms with Crippen molar-refractivity contribution in [2.24, 2.45) is 7.05 Å². The average Bonchev–Trinajstić information content (AvgIpc) is 2.79. The van der Waals surface area contributed by atoms with E-state index in [2.05, 4.69) is 5.10 Å². The van der Waals surface area contributed by atoms with Crippen LogP contribution < -0.4 is 0 Å². The van der Waals surface area contributed by atoms with E-state index in [1.54, 1.807) is 27.8 Å². The number of amides is 1. The lowest BCUT2D eigenvalue weighted by Gasteiger charge is -2.34. The largest absolute Gasteiger partial charge is 0.478 e. The number of carboxylic acid groups (broad SMARTS) is 1. The number of ether oxygens (including phenoxy) is 2. The van der Waals surface area contributed by atoms with Crippen molar-refractivity contribution >= 4 is 12.1 Å². The maximum Gasteiger partial charge on any atom is 0.410 e. The summed E-state index contributed by atoms with van der Waals surface area (Å²) in [7, 11) is 1.65. The predicted molar refractivity (Wildman–Crippen MR) is 76.7 cm³/mol. The molecule has 1 fully saturated rings. The predicted octanol–water partition coefficient (Wildman–Crippen LogP) is 1.43. The smallest absolute Gasteiger partial charge is 0.410 e. The van der Waals surface area contributed by atoms with Crippen molar-refractivity contribution in [1.82, 2.24) is 14.7 Å². The number of carbonyl (C=O) groups is 2. The quantitative estimate of drug-likeness (QED) is 0.888. The fourth-order valence-corrected chi connectivity index (χ4v) is 2.30. The van der Waals surface area contributed by atoms with Crippen LogP contribution in [0.15, 0.2) is 6.20 Å². The van der Waals surface area contributed by atoms with E-state index >= 15 is 0 Å². The van der Waals surface area contributed by atoms with Gasteiger partial charge in [-0.25, -0.2) is 9.59 Å². The van der Waals surface area contributed by atoms with Gasteiger partial charge in [0.25, 0.3) is 0 Å². The molecule has 8 heteroatoms. The van der Waals surface area contributed by atoms with Gasteiger partial charge in [0, 0.05) is 13.6 Å². The van der Waals surface area contributed by atoms with E-state index in [1.807, 2.05) is 0 Å². The molecule has 1 aromatic heterocycles. The summed E-state index contributed by atoms with van der Waals surface area (Å²) in [4.78, 5) is 24.9. The molecule has 2 heterocycles. The third kappa shape index (κ3) is 3.56. The number of hydrogen-bond donors (Lipinski definition) is 1. The number of morpholine rings is 1. The fourth-order valence-electron chi connectivity index (χ4n) is 2.30. The van der Waals surface area contributed by atoms with Gasteiger partial charge >= 0.3 is 12.1 Å². The second kappa shape index (κ2) is 5.96. The molecule has 1 amide bonds. The van der Waals surface area contributed by atoms with E-state index in [0.717, 1.165) is 0 Å². The molecule has 2 rings (SSSR count). The first-order valence-electron chi connectivity index (χ1n) is 7.04. The SMILES string of the molecule is Cn1ncc(C(=O)O)c1C1CN(C(=O)OC(C)(C)C)CCO1. The Hall–Kier alpha value is -2.09. The van der Waals surface area contributed by atoms with Crippen molar-refractivity contribution in [3.05, 3.63) is 17.5 Å². The lowest BCUT2D eigenvalue weighted by atomic mass is 10.1. The lowest BCUT2D eigenvalue weighted by Crippen LogP contribution is -2.45. The summed E-state index contributed by atoms with van der Waals surface area (Å²) in [6.45, 7) is 6.35. The van der Waals surface area contributed by atoms with Crippen LogP contribution in [0.5, 0.6) is 0 Å². The molecule has 0 aliphatic carbocycles. The highest BCUT2D eigenvalue weighted by Gasteiger charge is 2.32. The first kappa shape index (κ1) is 16.3. The van der Waals surface area contributed by atoms with Crippen LogP contribution in [0.1, 0.15) is 42.9 Å². The van der Waals surface area contributed by atoms with Gasteiger partial charge in [0.15, 0.2) is 0 Å². The van der Waals surface area contributed by atoms with E-state index < -0.39 is 23.8 Å². The van der Waals surface area contributed by atoms with Gasteiger partial charge < -0.3 is 19.5 Å². The molecule has 1 aliphatic rings. The number of aromatic carboxylic acids is 1. The summed E-state index contributed by atoms with van der Waals surface area (Å²) in [5.74, 6) is -1.07. The molecule has 1 saturated heterocycles. The standard InChI is InChI=1S/C14H21N3O5/c1-14(2,3)22-13(20)17-5-6-21-10(8-17)11-9(12(18)19)7-15-16(11)4/h7,10H,5-6,8H2,1-4H3,(H,18,19). The third-order valence-corrected chi connectivity index (χ3v) is 3.24. The van der Waals surface area contributed by atoms with E-state index in [9.17, 15) is 14.7 Å². The molecular formula is C14H21N3O5. The van der Waals surface area contributed by atoms with Crippen molar-refractivity contribution in [3.8, 4) is 0 Å². The molecule has 1 aliphatic heterocycles. The van der Waals surface area contributed by atoms with Gasteiger partial charge in [0.05, 0.1) is 25.0 Å². The van der Waals surface area contributed by atoms with Crippen LogP contribution in [0.2, 0.25) is 0 Å². The highest BCUT2D eigenvalue weighted by atomic mass is 16.6. The Morgan fingerprint density at radius 2 is 2.14 bits per heavy atom. The van der Waals surface area contributed by atoms with Crippen LogP contribution in [0, 0.1) is 0 Å². The number of carboxylic acids is 1. The van der Waals surface area contributed by atoms with E-state index in [4.69, 9.17) is 9.47 Å². The zero-order valence-electron chi connectivity index (χ0n) is 13.2. The number of rotatable bonds is 2. The molecule has 122 valence electrons. The Balaban J connectivity index is 2.16.